The van der Waals surface area contributed by atoms with E-state index in [-0.39, 0.29) is 6.04 Å². The van der Waals surface area contributed by atoms with Gasteiger partial charge in [-0.3, -0.25) is 0 Å². The van der Waals surface area contributed by atoms with Crippen LogP contribution in [0.15, 0.2) is 24.3 Å². The van der Waals surface area contributed by atoms with E-state index in [0.29, 0.717) is 25.6 Å². The van der Waals surface area contributed by atoms with Crippen molar-refractivity contribution < 1.29 is 8.42 Å². The Kier molecular flexibility index (Phi) is 3.81. The molecule has 0 saturated heterocycles. The largest absolute Gasteiger partial charge is 0.329 e. The standard InChI is InChI=1S/C14H21N3O2S/c15-9-14(12-5-6-12)16-20(18,19)17-8-7-11-3-1-2-4-13(11)10-17/h1-4,12,14,16H,5-10,15H2. The van der Waals surface area contributed by atoms with Crippen LogP contribution >= 0.6 is 0 Å². The van der Waals surface area contributed by atoms with Crippen molar-refractivity contribution in [2.75, 3.05) is 13.1 Å². The minimum Gasteiger partial charge on any atom is -0.329 e. The van der Waals surface area contributed by atoms with Crippen LogP contribution in [0.4, 0.5) is 0 Å². The zero-order valence-electron chi connectivity index (χ0n) is 11.5. The van der Waals surface area contributed by atoms with Crippen molar-refractivity contribution in [1.29, 1.82) is 0 Å². The Morgan fingerprint density at radius 3 is 2.65 bits per heavy atom. The van der Waals surface area contributed by atoms with E-state index < -0.39 is 10.2 Å². The molecule has 2 aliphatic rings. The molecule has 1 saturated carbocycles. The average molecular weight is 295 g/mol. The average Bonchev–Trinajstić information content (AvgIpc) is 3.29. The van der Waals surface area contributed by atoms with Crippen molar-refractivity contribution in [3.05, 3.63) is 35.4 Å². The van der Waals surface area contributed by atoms with Crippen molar-refractivity contribution in [2.45, 2.75) is 31.8 Å². The Balaban J connectivity index is 1.72. The summed E-state index contributed by atoms with van der Waals surface area (Å²) in [7, 11) is -3.44. The smallest absolute Gasteiger partial charge is 0.280 e. The van der Waals surface area contributed by atoms with Crippen molar-refractivity contribution >= 4 is 10.2 Å². The highest BCUT2D eigenvalue weighted by molar-refractivity contribution is 7.87. The maximum atomic E-state index is 12.5. The van der Waals surface area contributed by atoms with Gasteiger partial charge in [-0.05, 0) is 36.3 Å². The van der Waals surface area contributed by atoms with Crippen LogP contribution in [0.5, 0.6) is 0 Å². The summed E-state index contributed by atoms with van der Waals surface area (Å²) in [5.41, 5.74) is 8.03. The minimum atomic E-state index is -3.44. The van der Waals surface area contributed by atoms with Crippen molar-refractivity contribution in [3.8, 4) is 0 Å². The van der Waals surface area contributed by atoms with Gasteiger partial charge >= 0.3 is 0 Å². The van der Waals surface area contributed by atoms with Crippen LogP contribution in [-0.4, -0.2) is 31.9 Å². The fourth-order valence-corrected chi connectivity index (χ4v) is 4.24. The van der Waals surface area contributed by atoms with E-state index in [2.05, 4.69) is 10.8 Å². The molecule has 1 aromatic rings. The van der Waals surface area contributed by atoms with Gasteiger partial charge in [-0.15, -0.1) is 0 Å². The van der Waals surface area contributed by atoms with E-state index in [1.807, 2.05) is 18.2 Å². The fraction of sp³-hybridized carbons (Fsp3) is 0.571. The van der Waals surface area contributed by atoms with Crippen LogP contribution in [0.3, 0.4) is 0 Å². The summed E-state index contributed by atoms with van der Waals surface area (Å²) in [6, 6.07) is 7.91. The summed E-state index contributed by atoms with van der Waals surface area (Å²) in [6.07, 6.45) is 2.92. The SMILES string of the molecule is NCC(NS(=O)(=O)N1CCc2ccccc2C1)C1CC1. The van der Waals surface area contributed by atoms with Gasteiger partial charge in [-0.1, -0.05) is 24.3 Å². The van der Waals surface area contributed by atoms with Gasteiger partial charge in [0.15, 0.2) is 0 Å². The second kappa shape index (κ2) is 5.44. The highest BCUT2D eigenvalue weighted by atomic mass is 32.2. The van der Waals surface area contributed by atoms with Gasteiger partial charge in [0.25, 0.3) is 10.2 Å². The third-order valence-electron chi connectivity index (χ3n) is 4.18. The van der Waals surface area contributed by atoms with Gasteiger partial charge in [0, 0.05) is 25.7 Å². The Morgan fingerprint density at radius 2 is 2.00 bits per heavy atom. The molecule has 0 spiro atoms. The molecule has 5 nitrogen and oxygen atoms in total. The maximum absolute atomic E-state index is 12.5. The van der Waals surface area contributed by atoms with Gasteiger partial charge in [0.05, 0.1) is 0 Å². The number of nitrogens with zero attached hydrogens (tertiary/aromatic N) is 1. The molecule has 0 aromatic heterocycles. The molecule has 1 aromatic carbocycles. The van der Waals surface area contributed by atoms with Gasteiger partial charge in [-0.2, -0.15) is 17.4 Å². The van der Waals surface area contributed by atoms with Crippen LogP contribution in [0.1, 0.15) is 24.0 Å². The quantitative estimate of drug-likeness (QED) is 0.836. The lowest BCUT2D eigenvalue weighted by atomic mass is 10.0. The number of nitrogens with two attached hydrogens (primary N) is 1. The summed E-state index contributed by atoms with van der Waals surface area (Å²) < 4.78 is 29.2. The summed E-state index contributed by atoms with van der Waals surface area (Å²) in [5, 5.41) is 0. The number of hydrogen-bond acceptors (Lipinski definition) is 3. The van der Waals surface area contributed by atoms with E-state index in [0.717, 1.165) is 24.8 Å². The van der Waals surface area contributed by atoms with Gasteiger partial charge in [0.1, 0.15) is 0 Å². The molecule has 0 bridgehead atoms. The molecule has 3 N–H and O–H groups in total. The lowest BCUT2D eigenvalue weighted by molar-refractivity contribution is 0.375. The molecule has 1 unspecified atom stereocenters. The molecule has 1 heterocycles. The predicted octanol–water partition coefficient (Wildman–Crippen LogP) is 0.616. The van der Waals surface area contributed by atoms with E-state index in [9.17, 15) is 8.42 Å². The van der Waals surface area contributed by atoms with Crippen LogP contribution in [0.2, 0.25) is 0 Å². The highest BCUT2D eigenvalue weighted by Crippen LogP contribution is 2.33. The van der Waals surface area contributed by atoms with Crippen LogP contribution in [0.25, 0.3) is 0 Å². The third-order valence-corrected chi connectivity index (χ3v) is 5.77. The molecule has 110 valence electrons. The zero-order valence-corrected chi connectivity index (χ0v) is 12.3. The highest BCUT2D eigenvalue weighted by Gasteiger charge is 2.35. The molecule has 0 radical (unpaired) electrons. The van der Waals surface area contributed by atoms with Crippen LogP contribution in [0, 0.1) is 5.92 Å². The van der Waals surface area contributed by atoms with Crippen molar-refractivity contribution in [1.82, 2.24) is 9.03 Å². The maximum Gasteiger partial charge on any atom is 0.280 e. The van der Waals surface area contributed by atoms with Gasteiger partial charge < -0.3 is 5.73 Å². The molecule has 1 atom stereocenters. The first kappa shape index (κ1) is 14.0. The third kappa shape index (κ3) is 2.88. The molecule has 1 fully saturated rings. The number of benzene rings is 1. The van der Waals surface area contributed by atoms with Gasteiger partial charge in [-0.25, -0.2) is 0 Å². The molecule has 1 aliphatic heterocycles. The summed E-state index contributed by atoms with van der Waals surface area (Å²) in [6.45, 7) is 1.36. The van der Waals surface area contributed by atoms with Crippen molar-refractivity contribution in [3.63, 3.8) is 0 Å². The normalized spacial score (nSPS) is 21.4. The first-order chi connectivity index (χ1) is 9.60. The molecule has 6 heteroatoms. The second-order valence-corrected chi connectivity index (χ2v) is 7.36. The first-order valence-electron chi connectivity index (χ1n) is 7.14. The number of fused-ring (bicyclic) bond motifs is 1. The van der Waals surface area contributed by atoms with E-state index in [4.69, 9.17) is 5.73 Å². The van der Waals surface area contributed by atoms with Crippen LogP contribution < -0.4 is 10.5 Å². The summed E-state index contributed by atoms with van der Waals surface area (Å²) in [5.74, 6) is 0.423. The summed E-state index contributed by atoms with van der Waals surface area (Å²) >= 11 is 0. The van der Waals surface area contributed by atoms with E-state index >= 15 is 0 Å². The van der Waals surface area contributed by atoms with Crippen LogP contribution in [-0.2, 0) is 23.2 Å². The number of hydrogen-bond donors (Lipinski definition) is 2. The minimum absolute atomic E-state index is 0.114. The number of nitrogens with one attached hydrogen (secondary N) is 1. The monoisotopic (exact) mass is 295 g/mol. The number of rotatable bonds is 5. The lowest BCUT2D eigenvalue weighted by Gasteiger charge is -2.29. The molecule has 3 rings (SSSR count). The fourth-order valence-electron chi connectivity index (χ4n) is 2.78. The molecular formula is C14H21N3O2S. The second-order valence-electron chi connectivity index (χ2n) is 5.65. The molecular weight excluding hydrogens is 274 g/mol. The predicted molar refractivity (Wildman–Crippen MR) is 78.2 cm³/mol. The first-order valence-corrected chi connectivity index (χ1v) is 8.58. The topological polar surface area (TPSA) is 75.4 Å². The van der Waals surface area contributed by atoms with Gasteiger partial charge in [0.2, 0.25) is 0 Å². The Morgan fingerprint density at radius 1 is 1.30 bits per heavy atom. The Bertz CT molecular complexity index is 584. The zero-order chi connectivity index (χ0) is 14.2. The van der Waals surface area contributed by atoms with Crippen molar-refractivity contribution in [2.24, 2.45) is 11.7 Å². The van der Waals surface area contributed by atoms with E-state index in [1.54, 1.807) is 0 Å². The molecule has 0 amide bonds. The Labute approximate surface area is 120 Å². The lowest BCUT2D eigenvalue weighted by Crippen LogP contribution is -2.50. The van der Waals surface area contributed by atoms with E-state index in [1.165, 1.54) is 9.87 Å². The molecule has 20 heavy (non-hydrogen) atoms. The molecule has 1 aliphatic carbocycles. The summed E-state index contributed by atoms with van der Waals surface area (Å²) in [4.78, 5) is 0. The Hall–Kier alpha value is -0.950.